The summed E-state index contributed by atoms with van der Waals surface area (Å²) < 4.78 is 27.8. The van der Waals surface area contributed by atoms with Crippen LogP contribution in [0.1, 0.15) is 64.2 Å². The van der Waals surface area contributed by atoms with Crippen LogP contribution in [0.25, 0.3) is 11.1 Å². The zero-order chi connectivity index (χ0) is 28.6. The van der Waals surface area contributed by atoms with Crippen molar-refractivity contribution in [2.24, 2.45) is 10.8 Å². The van der Waals surface area contributed by atoms with Crippen molar-refractivity contribution < 1.29 is 23.8 Å². The minimum absolute atomic E-state index is 0.0243. The number of alkyl halides is 2. The maximum absolute atomic E-state index is 13.4. The van der Waals surface area contributed by atoms with Crippen molar-refractivity contribution in [3.05, 3.63) is 58.5 Å². The molecule has 2 unspecified atom stereocenters. The maximum Gasteiger partial charge on any atom is 0.251 e. The third-order valence-corrected chi connectivity index (χ3v) is 8.81. The number of hydrogen-bond donors (Lipinski definition) is 2. The molecule has 1 saturated heterocycles. The highest BCUT2D eigenvalue weighted by Crippen LogP contribution is 2.52. The Kier molecular flexibility index (Phi) is 8.36. The Morgan fingerprint density at radius 1 is 1.13 bits per heavy atom. The molecule has 0 radical (unpaired) electrons. The quantitative estimate of drug-likeness (QED) is 0.484. The van der Waals surface area contributed by atoms with Crippen molar-refractivity contribution in [2.45, 2.75) is 77.2 Å². The monoisotopic (exact) mass is 545 g/mol. The lowest BCUT2D eigenvalue weighted by Crippen LogP contribution is -2.63. The van der Waals surface area contributed by atoms with Crippen LogP contribution in [-0.4, -0.2) is 69.7 Å². The smallest absolute Gasteiger partial charge is 0.251 e. The molecule has 2 atom stereocenters. The zero-order valence-electron chi connectivity index (χ0n) is 23.4. The molecule has 1 aliphatic carbocycles. The maximum atomic E-state index is 13.4. The number of amides is 1. The van der Waals surface area contributed by atoms with Crippen LogP contribution in [0.4, 0.5) is 8.78 Å². The second-order valence-electron chi connectivity index (χ2n) is 12.3. The van der Waals surface area contributed by atoms with Gasteiger partial charge in [0.05, 0.1) is 12.1 Å². The fraction of sp³-hybridized carbons (Fsp3) is 0.600. The van der Waals surface area contributed by atoms with Crippen LogP contribution in [0.5, 0.6) is 0 Å². The van der Waals surface area contributed by atoms with Gasteiger partial charge < -0.3 is 19.7 Å². The van der Waals surface area contributed by atoms with Crippen molar-refractivity contribution in [2.75, 3.05) is 27.2 Å². The number of aliphatic hydroxyl groups is 2. The molecule has 2 fully saturated rings. The Balaban J connectivity index is 1.68. The number of piperidine rings is 1. The predicted octanol–water partition coefficient (Wildman–Crippen LogP) is 4.27. The second-order valence-corrected chi connectivity index (χ2v) is 12.3. The molecule has 1 aromatic carbocycles. The predicted molar refractivity (Wildman–Crippen MR) is 146 cm³/mol. The lowest BCUT2D eigenvalue weighted by atomic mass is 9.65. The summed E-state index contributed by atoms with van der Waals surface area (Å²) in [4.78, 5) is 30.0. The van der Waals surface area contributed by atoms with E-state index in [0.29, 0.717) is 24.0 Å². The number of nitrogens with zero attached hydrogens (tertiary/aromatic N) is 3. The number of hydrogen-bond acceptors (Lipinski definition) is 5. The number of pyridine rings is 1. The third-order valence-electron chi connectivity index (χ3n) is 8.81. The van der Waals surface area contributed by atoms with Crippen molar-refractivity contribution in [3.63, 3.8) is 0 Å². The van der Waals surface area contributed by atoms with E-state index >= 15 is 0 Å². The number of benzene rings is 1. The first kappa shape index (κ1) is 29.4. The van der Waals surface area contributed by atoms with Gasteiger partial charge in [-0.1, -0.05) is 57.0 Å². The summed E-state index contributed by atoms with van der Waals surface area (Å²) in [5.41, 5.74) is -1.42. The molecular formula is C30H41F2N3O4. The van der Waals surface area contributed by atoms with Gasteiger partial charge in [0.2, 0.25) is 12.3 Å². The summed E-state index contributed by atoms with van der Waals surface area (Å²) in [6.07, 6.45) is 0.955. The van der Waals surface area contributed by atoms with Crippen LogP contribution in [0, 0.1) is 10.8 Å². The Bertz CT molecular complexity index is 1220. The van der Waals surface area contributed by atoms with E-state index in [2.05, 4.69) is 0 Å². The standard InChI is InChI=1S/C30H41F2N3O4/c1-28(2,17-24(31)32)27(38)34-15-14-30(39,29(19-34)12-8-9-13-29)20-35-18-23(26(37)33(3)4)22(16-25(35)36)21-10-6-5-7-11-21/h5-7,10-11,16,18,24,26,37,39H,8-9,12-15,17,19-20H2,1-4H3. The number of carbonyl (C=O) groups excluding carboxylic acids is 1. The highest BCUT2D eigenvalue weighted by molar-refractivity contribution is 5.82. The van der Waals surface area contributed by atoms with Crippen LogP contribution in [0.2, 0.25) is 0 Å². The minimum atomic E-state index is -2.58. The summed E-state index contributed by atoms with van der Waals surface area (Å²) in [5.74, 6) is -0.322. The first-order valence-corrected chi connectivity index (χ1v) is 13.7. The highest BCUT2D eigenvalue weighted by Gasteiger charge is 2.56. The molecule has 214 valence electrons. The van der Waals surface area contributed by atoms with Gasteiger partial charge in [-0.25, -0.2) is 8.78 Å². The first-order valence-electron chi connectivity index (χ1n) is 13.7. The van der Waals surface area contributed by atoms with E-state index in [1.54, 1.807) is 43.9 Å². The summed E-state index contributed by atoms with van der Waals surface area (Å²) in [5, 5.41) is 23.2. The lowest BCUT2D eigenvalue weighted by Gasteiger charge is -2.53. The largest absolute Gasteiger partial charge is 0.387 e. The Labute approximate surface area is 229 Å². The molecule has 1 spiro atoms. The van der Waals surface area contributed by atoms with Gasteiger partial charge in [0, 0.05) is 48.2 Å². The molecule has 7 nitrogen and oxygen atoms in total. The molecule has 1 saturated carbocycles. The zero-order valence-corrected chi connectivity index (χ0v) is 23.4. The van der Waals surface area contributed by atoms with Crippen LogP contribution in [-0.2, 0) is 11.3 Å². The summed E-state index contributed by atoms with van der Waals surface area (Å²) >= 11 is 0. The molecule has 0 bridgehead atoms. The van der Waals surface area contributed by atoms with E-state index in [1.807, 2.05) is 30.3 Å². The molecule has 1 amide bonds. The normalized spacial score (nSPS) is 22.2. The average molecular weight is 546 g/mol. The molecule has 2 aromatic rings. The molecular weight excluding hydrogens is 504 g/mol. The van der Waals surface area contributed by atoms with E-state index in [9.17, 15) is 28.6 Å². The van der Waals surface area contributed by atoms with Crippen molar-refractivity contribution in [3.8, 4) is 11.1 Å². The van der Waals surface area contributed by atoms with Crippen LogP contribution in [0.15, 0.2) is 47.4 Å². The number of halogens is 2. The molecule has 39 heavy (non-hydrogen) atoms. The minimum Gasteiger partial charge on any atom is -0.387 e. The summed E-state index contributed by atoms with van der Waals surface area (Å²) in [6.45, 7) is 3.63. The van der Waals surface area contributed by atoms with Gasteiger partial charge in [0.1, 0.15) is 6.23 Å². The SMILES string of the molecule is CN(C)C(O)c1cn(CC2(O)CCN(C(=O)C(C)(C)CC(F)F)CC23CCCC3)c(=O)cc1-c1ccccc1. The van der Waals surface area contributed by atoms with E-state index in [4.69, 9.17) is 0 Å². The van der Waals surface area contributed by atoms with Gasteiger partial charge in [0.15, 0.2) is 0 Å². The van der Waals surface area contributed by atoms with Gasteiger partial charge in [0.25, 0.3) is 5.56 Å². The van der Waals surface area contributed by atoms with E-state index in [0.717, 1.165) is 18.4 Å². The lowest BCUT2D eigenvalue weighted by molar-refractivity contribution is -0.168. The molecule has 2 aliphatic rings. The Morgan fingerprint density at radius 3 is 2.36 bits per heavy atom. The van der Waals surface area contributed by atoms with Gasteiger partial charge in [-0.2, -0.15) is 0 Å². The molecule has 1 aromatic heterocycles. The van der Waals surface area contributed by atoms with Gasteiger partial charge >= 0.3 is 0 Å². The number of rotatable bonds is 8. The molecule has 9 heteroatoms. The van der Waals surface area contributed by atoms with E-state index in [-0.39, 0.29) is 37.5 Å². The fourth-order valence-corrected chi connectivity index (χ4v) is 6.52. The van der Waals surface area contributed by atoms with Crippen molar-refractivity contribution in [1.82, 2.24) is 14.4 Å². The molecule has 2 N–H and O–H groups in total. The Hall–Kier alpha value is -2.62. The van der Waals surface area contributed by atoms with Crippen molar-refractivity contribution in [1.29, 1.82) is 0 Å². The molecule has 2 heterocycles. The van der Waals surface area contributed by atoms with Crippen LogP contribution >= 0.6 is 0 Å². The number of aromatic nitrogens is 1. The third kappa shape index (κ3) is 5.81. The van der Waals surface area contributed by atoms with Gasteiger partial charge in [-0.15, -0.1) is 0 Å². The first-order chi connectivity index (χ1) is 18.3. The number of carbonyl (C=O) groups is 1. The van der Waals surface area contributed by atoms with Gasteiger partial charge in [-0.3, -0.25) is 14.5 Å². The summed E-state index contributed by atoms with van der Waals surface area (Å²) in [7, 11) is 3.50. The van der Waals surface area contributed by atoms with Crippen LogP contribution in [0.3, 0.4) is 0 Å². The van der Waals surface area contributed by atoms with Crippen LogP contribution < -0.4 is 5.56 Å². The summed E-state index contributed by atoms with van der Waals surface area (Å²) in [6, 6.07) is 10.9. The topological polar surface area (TPSA) is 86.0 Å². The number of likely N-dealkylation sites (tertiary alicyclic amines) is 1. The van der Waals surface area contributed by atoms with E-state index in [1.165, 1.54) is 10.6 Å². The molecule has 4 rings (SSSR count). The number of aliphatic hydroxyl groups excluding tert-OH is 1. The Morgan fingerprint density at radius 2 is 1.77 bits per heavy atom. The second kappa shape index (κ2) is 11.1. The van der Waals surface area contributed by atoms with Crippen molar-refractivity contribution >= 4 is 5.91 Å². The van der Waals surface area contributed by atoms with Gasteiger partial charge in [-0.05, 0) is 44.5 Å². The van der Waals surface area contributed by atoms with E-state index < -0.39 is 35.5 Å². The highest BCUT2D eigenvalue weighted by atomic mass is 19.3. The fourth-order valence-electron chi connectivity index (χ4n) is 6.52. The molecule has 1 aliphatic heterocycles. The average Bonchev–Trinajstić information content (AvgIpc) is 3.35.